The predicted octanol–water partition coefficient (Wildman–Crippen LogP) is 2.44. The summed E-state index contributed by atoms with van der Waals surface area (Å²) >= 11 is 1.44. The van der Waals surface area contributed by atoms with Gasteiger partial charge in [-0.3, -0.25) is 4.79 Å². The highest BCUT2D eigenvalue weighted by molar-refractivity contribution is 7.12. The average Bonchev–Trinajstić information content (AvgIpc) is 3.28. The zero-order chi connectivity index (χ0) is 22.9. The molecule has 0 aromatic carbocycles. The molecule has 0 aliphatic carbocycles. The molecule has 31 heavy (non-hydrogen) atoms. The number of aromatic nitrogens is 2. The third-order valence-electron chi connectivity index (χ3n) is 3.95. The quantitative estimate of drug-likeness (QED) is 0.630. The molecule has 1 amide bonds. The number of hydrogen-bond acceptors (Lipinski definition) is 8. The van der Waals surface area contributed by atoms with E-state index in [1.54, 1.807) is 24.3 Å². The fourth-order valence-corrected chi connectivity index (χ4v) is 3.20. The second-order valence-corrected chi connectivity index (χ2v) is 7.04. The lowest BCUT2D eigenvalue weighted by molar-refractivity contribution is -0.192. The van der Waals surface area contributed by atoms with E-state index in [-0.39, 0.29) is 11.9 Å². The van der Waals surface area contributed by atoms with Crippen LogP contribution in [0.5, 0.6) is 0 Å². The molecule has 0 bridgehead atoms. The van der Waals surface area contributed by atoms with Gasteiger partial charge in [-0.1, -0.05) is 6.07 Å². The third kappa shape index (κ3) is 7.45. The monoisotopic (exact) mass is 462 g/mol. The van der Waals surface area contributed by atoms with Crippen LogP contribution in [0.3, 0.4) is 0 Å². The summed E-state index contributed by atoms with van der Waals surface area (Å²) in [7, 11) is 1.65. The number of carboxylic acid groups (broad SMARTS) is 1. The van der Waals surface area contributed by atoms with Crippen LogP contribution in [0.25, 0.3) is 0 Å². The molecule has 2 N–H and O–H groups in total. The Morgan fingerprint density at radius 1 is 1.42 bits per heavy atom. The molecule has 1 saturated heterocycles. The number of rotatable bonds is 6. The minimum Gasteiger partial charge on any atom is -0.475 e. The Kier molecular flexibility index (Phi) is 9.15. The first-order valence-corrected chi connectivity index (χ1v) is 9.90. The molecule has 1 unspecified atom stereocenters. The molecule has 1 atom stereocenters. The largest absolute Gasteiger partial charge is 0.490 e. The second-order valence-electron chi connectivity index (χ2n) is 6.09. The van der Waals surface area contributed by atoms with Crippen molar-refractivity contribution >= 4 is 29.0 Å². The summed E-state index contributed by atoms with van der Waals surface area (Å²) < 4.78 is 42.3. The van der Waals surface area contributed by atoms with Crippen LogP contribution in [0.15, 0.2) is 29.8 Å². The molecular formula is C18H21F3N4O5S. The molecule has 0 spiro atoms. The molecule has 0 radical (unpaired) electrons. The van der Waals surface area contributed by atoms with Gasteiger partial charge in [0.2, 0.25) is 0 Å². The number of carbonyl (C=O) groups excluding carboxylic acids is 1. The maximum absolute atomic E-state index is 12.7. The van der Waals surface area contributed by atoms with Gasteiger partial charge in [-0.05, 0) is 17.5 Å². The zero-order valence-corrected chi connectivity index (χ0v) is 17.3. The van der Waals surface area contributed by atoms with Gasteiger partial charge in [0.25, 0.3) is 5.91 Å². The Morgan fingerprint density at radius 2 is 2.16 bits per heavy atom. The van der Waals surface area contributed by atoms with E-state index >= 15 is 0 Å². The number of alkyl halides is 3. The Hall–Kier alpha value is -2.77. The van der Waals surface area contributed by atoms with Gasteiger partial charge in [-0.15, -0.1) is 11.3 Å². The van der Waals surface area contributed by atoms with E-state index in [0.717, 1.165) is 4.88 Å². The van der Waals surface area contributed by atoms with Gasteiger partial charge < -0.3 is 24.8 Å². The van der Waals surface area contributed by atoms with Gasteiger partial charge >= 0.3 is 12.1 Å². The highest BCUT2D eigenvalue weighted by Gasteiger charge is 2.38. The number of halogens is 3. The van der Waals surface area contributed by atoms with E-state index in [4.69, 9.17) is 19.4 Å². The van der Waals surface area contributed by atoms with Crippen molar-refractivity contribution in [2.75, 3.05) is 45.3 Å². The first-order valence-electron chi connectivity index (χ1n) is 9.02. The molecule has 9 nitrogen and oxygen atoms in total. The van der Waals surface area contributed by atoms with Crippen molar-refractivity contribution in [3.8, 4) is 0 Å². The molecule has 3 rings (SSSR count). The molecular weight excluding hydrogens is 441 g/mol. The Bertz CT molecular complexity index is 851. The summed E-state index contributed by atoms with van der Waals surface area (Å²) in [5.41, 5.74) is 0. The van der Waals surface area contributed by atoms with Gasteiger partial charge in [0.05, 0.1) is 24.7 Å². The van der Waals surface area contributed by atoms with Crippen LogP contribution >= 0.6 is 11.3 Å². The second kappa shape index (κ2) is 11.6. The van der Waals surface area contributed by atoms with Crippen LogP contribution in [0.2, 0.25) is 0 Å². The van der Waals surface area contributed by atoms with Crippen LogP contribution in [0, 0.1) is 0 Å². The van der Waals surface area contributed by atoms with Crippen molar-refractivity contribution in [1.29, 1.82) is 0 Å². The van der Waals surface area contributed by atoms with Crippen LogP contribution in [-0.4, -0.2) is 78.0 Å². The number of thiophene rings is 1. The fourth-order valence-electron chi connectivity index (χ4n) is 2.52. The average molecular weight is 462 g/mol. The number of carboxylic acids is 1. The number of amides is 1. The minimum absolute atomic E-state index is 0.000328. The lowest BCUT2D eigenvalue weighted by Crippen LogP contribution is -2.43. The van der Waals surface area contributed by atoms with E-state index in [9.17, 15) is 18.0 Å². The molecule has 170 valence electrons. The number of morpholine rings is 1. The summed E-state index contributed by atoms with van der Waals surface area (Å²) in [6.45, 7) is 2.71. The van der Waals surface area contributed by atoms with Gasteiger partial charge in [0, 0.05) is 26.4 Å². The minimum atomic E-state index is -5.08. The van der Waals surface area contributed by atoms with E-state index in [2.05, 4.69) is 15.3 Å². The van der Waals surface area contributed by atoms with Crippen molar-refractivity contribution in [3.63, 3.8) is 0 Å². The van der Waals surface area contributed by atoms with Crippen LogP contribution in [-0.2, 0) is 14.3 Å². The number of aliphatic carboxylic acids is 1. The van der Waals surface area contributed by atoms with Crippen LogP contribution in [0.4, 0.5) is 19.0 Å². The number of carbonyl (C=O) groups is 2. The van der Waals surface area contributed by atoms with E-state index in [1.807, 2.05) is 17.5 Å². The maximum atomic E-state index is 12.7. The summed E-state index contributed by atoms with van der Waals surface area (Å²) in [6.07, 6.45) is -3.39. The number of ether oxygens (including phenoxy) is 2. The fraction of sp³-hybridized carbons (Fsp3) is 0.444. The number of anilines is 1. The van der Waals surface area contributed by atoms with E-state index in [0.29, 0.717) is 44.6 Å². The summed E-state index contributed by atoms with van der Waals surface area (Å²) in [4.78, 5) is 33.0. The van der Waals surface area contributed by atoms with Crippen molar-refractivity contribution in [1.82, 2.24) is 14.9 Å². The molecule has 1 aliphatic rings. The normalized spacial score (nSPS) is 16.3. The number of nitrogens with zero attached hydrogens (tertiary/aromatic N) is 3. The van der Waals surface area contributed by atoms with E-state index < -0.39 is 12.1 Å². The SMILES string of the molecule is COCCNc1ccnc(C2COCCN2C(=O)c2cccs2)n1.O=C(O)C(F)(F)F. The molecule has 2 aromatic rings. The first kappa shape index (κ1) is 24.5. The maximum Gasteiger partial charge on any atom is 0.490 e. The topological polar surface area (TPSA) is 114 Å². The molecule has 1 fully saturated rings. The van der Waals surface area contributed by atoms with E-state index in [1.165, 1.54) is 11.3 Å². The van der Waals surface area contributed by atoms with Crippen molar-refractivity contribution in [2.45, 2.75) is 12.2 Å². The molecule has 3 heterocycles. The summed E-state index contributed by atoms with van der Waals surface area (Å²) in [6, 6.07) is 5.24. The summed E-state index contributed by atoms with van der Waals surface area (Å²) in [5, 5.41) is 12.2. The van der Waals surface area contributed by atoms with Gasteiger partial charge in [0.15, 0.2) is 5.82 Å². The van der Waals surface area contributed by atoms with Gasteiger partial charge in [-0.2, -0.15) is 13.2 Å². The highest BCUT2D eigenvalue weighted by atomic mass is 32.1. The zero-order valence-electron chi connectivity index (χ0n) is 16.5. The Morgan fingerprint density at radius 3 is 2.77 bits per heavy atom. The Labute approximate surface area is 179 Å². The Balaban J connectivity index is 0.000000423. The predicted molar refractivity (Wildman–Crippen MR) is 105 cm³/mol. The highest BCUT2D eigenvalue weighted by Crippen LogP contribution is 2.25. The lowest BCUT2D eigenvalue weighted by Gasteiger charge is -2.34. The third-order valence-corrected chi connectivity index (χ3v) is 4.81. The van der Waals surface area contributed by atoms with Crippen LogP contribution in [0.1, 0.15) is 21.5 Å². The molecule has 2 aromatic heterocycles. The number of methoxy groups -OCH3 is 1. The smallest absolute Gasteiger partial charge is 0.475 e. The summed E-state index contributed by atoms with van der Waals surface area (Å²) in [5.74, 6) is -1.46. The van der Waals surface area contributed by atoms with Crippen molar-refractivity contribution in [3.05, 3.63) is 40.5 Å². The molecule has 1 aliphatic heterocycles. The molecule has 0 saturated carbocycles. The van der Waals surface area contributed by atoms with Crippen molar-refractivity contribution < 1.29 is 37.3 Å². The molecule has 13 heteroatoms. The van der Waals surface area contributed by atoms with Crippen LogP contribution < -0.4 is 5.32 Å². The lowest BCUT2D eigenvalue weighted by atomic mass is 10.2. The van der Waals surface area contributed by atoms with Gasteiger partial charge in [-0.25, -0.2) is 14.8 Å². The standard InChI is InChI=1S/C16H20N4O3S.C2HF3O2/c1-22-8-6-17-14-4-5-18-15(19-14)12-11-23-9-7-20(12)16(21)13-3-2-10-24-13;3-2(4,5)1(6)7/h2-5,10,12H,6-9,11H2,1H3,(H,17,18,19);(H,6,7). The number of hydrogen-bond donors (Lipinski definition) is 2. The number of nitrogens with one attached hydrogen (secondary N) is 1. The van der Waals surface area contributed by atoms with Gasteiger partial charge in [0.1, 0.15) is 11.9 Å². The first-order chi connectivity index (χ1) is 14.7. The van der Waals surface area contributed by atoms with Crippen molar-refractivity contribution in [2.24, 2.45) is 0 Å².